The van der Waals surface area contributed by atoms with Gasteiger partial charge < -0.3 is 10.5 Å². The van der Waals surface area contributed by atoms with Gasteiger partial charge in [0.1, 0.15) is 5.82 Å². The molecule has 0 bridgehead atoms. The van der Waals surface area contributed by atoms with Gasteiger partial charge in [-0.1, -0.05) is 6.07 Å². The molecule has 17 heavy (non-hydrogen) atoms. The van der Waals surface area contributed by atoms with Gasteiger partial charge in [0.15, 0.2) is 5.75 Å². The Kier molecular flexibility index (Phi) is 2.76. The lowest BCUT2D eigenvalue weighted by Crippen LogP contribution is -1.92. The molecule has 0 spiro atoms. The zero-order valence-electron chi connectivity index (χ0n) is 8.89. The van der Waals surface area contributed by atoms with Crippen LogP contribution in [0.4, 0.5) is 5.69 Å². The Balaban J connectivity index is 1.85. The number of nitrogen functional groups attached to an aromatic ring is 1. The zero-order chi connectivity index (χ0) is 11.8. The van der Waals surface area contributed by atoms with E-state index in [1.54, 1.807) is 6.07 Å². The maximum absolute atomic E-state index is 5.85. The summed E-state index contributed by atoms with van der Waals surface area (Å²) in [6.45, 7) is 0. The molecule has 0 unspecified atom stereocenters. The van der Waals surface area contributed by atoms with E-state index in [0.29, 0.717) is 22.5 Å². The highest BCUT2D eigenvalue weighted by atomic mass is 79.9. The third kappa shape index (κ3) is 2.28. The highest BCUT2D eigenvalue weighted by Gasteiger charge is 2.28. The molecule has 1 aliphatic carbocycles. The Hall–Kier alpha value is -1.14. The van der Waals surface area contributed by atoms with Gasteiger partial charge in [-0.05, 0) is 40.9 Å². The van der Waals surface area contributed by atoms with E-state index in [1.807, 2.05) is 12.1 Å². The predicted octanol–water partition coefficient (Wildman–Crippen LogP) is 3.55. The van der Waals surface area contributed by atoms with E-state index in [0.717, 1.165) is 10.3 Å². The molecule has 2 aromatic rings. The fourth-order valence-electron chi connectivity index (χ4n) is 1.49. The Morgan fingerprint density at radius 3 is 2.94 bits per heavy atom. The standard InChI is InChI=1S/C11H10BrN3OS/c12-7-2-1-3-8(13)9(7)16-11-14-10(15-17-11)6-4-5-6/h1-3,6H,4-5,13H2. The number of nitrogens with zero attached hydrogens (tertiary/aromatic N) is 2. The van der Waals surface area contributed by atoms with Crippen molar-refractivity contribution in [3.63, 3.8) is 0 Å². The van der Waals surface area contributed by atoms with Crippen LogP contribution in [0, 0.1) is 0 Å². The van der Waals surface area contributed by atoms with E-state index >= 15 is 0 Å². The van der Waals surface area contributed by atoms with Crippen LogP contribution in [-0.4, -0.2) is 9.36 Å². The molecule has 3 rings (SSSR count). The fraction of sp³-hybridized carbons (Fsp3) is 0.273. The van der Waals surface area contributed by atoms with Gasteiger partial charge in [0.25, 0.3) is 5.19 Å². The highest BCUT2D eigenvalue weighted by Crippen LogP contribution is 2.41. The maximum Gasteiger partial charge on any atom is 0.298 e. The second kappa shape index (κ2) is 4.27. The van der Waals surface area contributed by atoms with Crippen LogP contribution in [-0.2, 0) is 0 Å². The SMILES string of the molecule is Nc1cccc(Br)c1Oc1nc(C2CC2)ns1. The van der Waals surface area contributed by atoms with Gasteiger partial charge in [-0.15, -0.1) is 0 Å². The summed E-state index contributed by atoms with van der Waals surface area (Å²) < 4.78 is 10.8. The summed E-state index contributed by atoms with van der Waals surface area (Å²) in [7, 11) is 0. The summed E-state index contributed by atoms with van der Waals surface area (Å²) in [6, 6.07) is 5.54. The normalized spacial score (nSPS) is 14.9. The van der Waals surface area contributed by atoms with Crippen LogP contribution in [0.15, 0.2) is 22.7 Å². The van der Waals surface area contributed by atoms with Crippen molar-refractivity contribution in [3.05, 3.63) is 28.5 Å². The second-order valence-corrected chi connectivity index (χ2v) is 5.52. The van der Waals surface area contributed by atoms with Crippen molar-refractivity contribution in [3.8, 4) is 10.9 Å². The molecule has 2 N–H and O–H groups in total. The number of halogens is 1. The molecular formula is C11H10BrN3OS. The largest absolute Gasteiger partial charge is 0.426 e. The summed E-state index contributed by atoms with van der Waals surface area (Å²) in [6.07, 6.45) is 2.38. The van der Waals surface area contributed by atoms with Gasteiger partial charge in [-0.25, -0.2) is 0 Å². The van der Waals surface area contributed by atoms with Crippen molar-refractivity contribution in [2.45, 2.75) is 18.8 Å². The summed E-state index contributed by atoms with van der Waals surface area (Å²) in [4.78, 5) is 4.36. The highest BCUT2D eigenvalue weighted by molar-refractivity contribution is 9.10. The van der Waals surface area contributed by atoms with Gasteiger partial charge in [-0.2, -0.15) is 9.36 Å². The average molecular weight is 312 g/mol. The molecule has 4 nitrogen and oxygen atoms in total. The summed E-state index contributed by atoms with van der Waals surface area (Å²) in [5.74, 6) is 2.04. The van der Waals surface area contributed by atoms with Crippen molar-refractivity contribution in [1.29, 1.82) is 0 Å². The number of anilines is 1. The molecule has 0 saturated heterocycles. The third-order valence-electron chi connectivity index (χ3n) is 2.55. The lowest BCUT2D eigenvalue weighted by molar-refractivity contribution is 0.476. The van der Waals surface area contributed by atoms with E-state index in [2.05, 4.69) is 25.3 Å². The Labute approximate surface area is 111 Å². The topological polar surface area (TPSA) is 61.0 Å². The van der Waals surface area contributed by atoms with E-state index in [9.17, 15) is 0 Å². The van der Waals surface area contributed by atoms with Crippen molar-refractivity contribution in [2.75, 3.05) is 5.73 Å². The van der Waals surface area contributed by atoms with E-state index in [4.69, 9.17) is 10.5 Å². The smallest absolute Gasteiger partial charge is 0.298 e. The van der Waals surface area contributed by atoms with E-state index in [1.165, 1.54) is 24.4 Å². The molecule has 6 heteroatoms. The average Bonchev–Trinajstić information content (AvgIpc) is 3.05. The molecule has 88 valence electrons. The third-order valence-corrected chi connectivity index (χ3v) is 3.79. The second-order valence-electron chi connectivity index (χ2n) is 3.95. The first-order chi connectivity index (χ1) is 8.24. The number of rotatable bonds is 3. The lowest BCUT2D eigenvalue weighted by atomic mass is 10.3. The molecule has 0 aliphatic heterocycles. The predicted molar refractivity (Wildman–Crippen MR) is 70.5 cm³/mol. The number of hydrogen-bond acceptors (Lipinski definition) is 5. The minimum atomic E-state index is 0.542. The zero-order valence-corrected chi connectivity index (χ0v) is 11.3. The van der Waals surface area contributed by atoms with Crippen LogP contribution in [0.1, 0.15) is 24.6 Å². The fourth-order valence-corrected chi connectivity index (χ4v) is 2.57. The van der Waals surface area contributed by atoms with Crippen molar-refractivity contribution >= 4 is 33.1 Å². The number of benzene rings is 1. The minimum Gasteiger partial charge on any atom is -0.426 e. The van der Waals surface area contributed by atoms with Crippen molar-refractivity contribution < 1.29 is 4.74 Å². The molecule has 1 aromatic heterocycles. The number of hydrogen-bond donors (Lipinski definition) is 1. The van der Waals surface area contributed by atoms with Gasteiger partial charge >= 0.3 is 0 Å². The van der Waals surface area contributed by atoms with Gasteiger partial charge in [0.05, 0.1) is 10.2 Å². The summed E-state index contributed by atoms with van der Waals surface area (Å²) in [5.41, 5.74) is 6.44. The van der Waals surface area contributed by atoms with Crippen molar-refractivity contribution in [1.82, 2.24) is 9.36 Å². The van der Waals surface area contributed by atoms with Crippen LogP contribution >= 0.6 is 27.5 Å². The Bertz CT molecular complexity index is 533. The van der Waals surface area contributed by atoms with Crippen LogP contribution < -0.4 is 10.5 Å². The molecule has 1 heterocycles. The Morgan fingerprint density at radius 2 is 2.24 bits per heavy atom. The van der Waals surface area contributed by atoms with E-state index < -0.39 is 0 Å². The number of aromatic nitrogens is 2. The monoisotopic (exact) mass is 311 g/mol. The number of nitrogens with two attached hydrogens (primary N) is 1. The molecule has 0 atom stereocenters. The summed E-state index contributed by atoms with van der Waals surface area (Å²) >= 11 is 4.67. The van der Waals surface area contributed by atoms with Crippen LogP contribution in [0.2, 0.25) is 0 Å². The first-order valence-corrected chi connectivity index (χ1v) is 6.86. The summed E-state index contributed by atoms with van der Waals surface area (Å²) in [5, 5.41) is 0.547. The van der Waals surface area contributed by atoms with E-state index in [-0.39, 0.29) is 0 Å². The molecule has 0 amide bonds. The number of ether oxygens (including phenoxy) is 1. The quantitative estimate of drug-likeness (QED) is 0.880. The van der Waals surface area contributed by atoms with Crippen LogP contribution in [0.3, 0.4) is 0 Å². The van der Waals surface area contributed by atoms with Crippen molar-refractivity contribution in [2.24, 2.45) is 0 Å². The molecular weight excluding hydrogens is 302 g/mol. The molecule has 1 fully saturated rings. The van der Waals surface area contributed by atoms with Gasteiger partial charge in [0, 0.05) is 17.5 Å². The Morgan fingerprint density at radius 1 is 1.41 bits per heavy atom. The molecule has 1 saturated carbocycles. The van der Waals surface area contributed by atoms with Crippen LogP contribution in [0.25, 0.3) is 0 Å². The molecule has 1 aromatic carbocycles. The first kappa shape index (κ1) is 11.0. The first-order valence-electron chi connectivity index (χ1n) is 5.29. The van der Waals surface area contributed by atoms with Gasteiger partial charge in [-0.3, -0.25) is 0 Å². The number of para-hydroxylation sites is 1. The maximum atomic E-state index is 5.85. The van der Waals surface area contributed by atoms with Crippen LogP contribution in [0.5, 0.6) is 10.9 Å². The molecule has 1 aliphatic rings. The molecule has 0 radical (unpaired) electrons. The van der Waals surface area contributed by atoms with Gasteiger partial charge in [0.2, 0.25) is 0 Å². The lowest BCUT2D eigenvalue weighted by Gasteiger charge is -2.06. The minimum absolute atomic E-state index is 0.542.